The van der Waals surface area contributed by atoms with Crippen molar-refractivity contribution in [2.75, 3.05) is 25.2 Å². The second-order valence-corrected chi connectivity index (χ2v) is 6.78. The molecule has 1 heterocycles. The Labute approximate surface area is 120 Å². The molecule has 0 saturated carbocycles. The minimum atomic E-state index is -0.302. The highest BCUT2D eigenvalue weighted by Crippen LogP contribution is 2.25. The topological polar surface area (TPSA) is 55.4 Å². The monoisotopic (exact) mass is 371 g/mol. The number of esters is 1. The number of halogens is 1. The van der Waals surface area contributed by atoms with Crippen molar-refractivity contribution in [1.82, 2.24) is 5.32 Å². The molecule has 1 aliphatic heterocycles. The number of ether oxygens (including phenoxy) is 1. The maximum absolute atomic E-state index is 11.7. The van der Waals surface area contributed by atoms with Crippen LogP contribution >= 0.6 is 34.4 Å². The van der Waals surface area contributed by atoms with Crippen LogP contribution in [0.25, 0.3) is 0 Å². The average molecular weight is 371 g/mol. The second-order valence-electron chi connectivity index (χ2n) is 4.05. The first-order valence-electron chi connectivity index (χ1n) is 5.69. The van der Waals surface area contributed by atoms with Gasteiger partial charge >= 0.3 is 5.97 Å². The Morgan fingerprint density at radius 2 is 2.12 bits per heavy atom. The fourth-order valence-corrected chi connectivity index (χ4v) is 3.38. The van der Waals surface area contributed by atoms with Crippen LogP contribution in [0.15, 0.2) is 0 Å². The largest absolute Gasteiger partial charge is 0.468 e. The lowest BCUT2D eigenvalue weighted by molar-refractivity contribution is -0.139. The van der Waals surface area contributed by atoms with Gasteiger partial charge in [-0.1, -0.05) is 22.6 Å². The molecule has 1 aliphatic rings. The Kier molecular flexibility index (Phi) is 7.26. The molecule has 1 saturated heterocycles. The summed E-state index contributed by atoms with van der Waals surface area (Å²) >= 11 is 3.94. The lowest BCUT2D eigenvalue weighted by Gasteiger charge is -2.20. The van der Waals surface area contributed by atoms with E-state index in [9.17, 15) is 9.59 Å². The number of methoxy groups -OCH3 is 1. The molecule has 0 aliphatic carbocycles. The van der Waals surface area contributed by atoms with E-state index in [1.807, 2.05) is 34.4 Å². The number of amides is 1. The molecule has 1 rings (SSSR count). The van der Waals surface area contributed by atoms with E-state index in [2.05, 4.69) is 10.1 Å². The molecule has 4 nitrogen and oxygen atoms in total. The van der Waals surface area contributed by atoms with Crippen molar-refractivity contribution < 1.29 is 14.3 Å². The Morgan fingerprint density at radius 3 is 2.71 bits per heavy atom. The maximum Gasteiger partial charge on any atom is 0.320 e. The molecule has 6 heteroatoms. The Balaban J connectivity index is 2.18. The zero-order valence-corrected chi connectivity index (χ0v) is 12.9. The Morgan fingerprint density at radius 1 is 1.47 bits per heavy atom. The quantitative estimate of drug-likeness (QED) is 0.453. The lowest BCUT2D eigenvalue weighted by Crippen LogP contribution is -2.35. The Bertz CT molecular complexity index is 269. The Hall–Kier alpha value is 0.0200. The molecule has 1 amide bonds. The minimum Gasteiger partial charge on any atom is -0.468 e. The number of thioether (sulfide) groups is 1. The van der Waals surface area contributed by atoms with Gasteiger partial charge in [-0.3, -0.25) is 9.59 Å². The van der Waals surface area contributed by atoms with E-state index < -0.39 is 0 Å². The van der Waals surface area contributed by atoms with E-state index in [-0.39, 0.29) is 15.8 Å². The van der Waals surface area contributed by atoms with Crippen molar-refractivity contribution in [3.8, 4) is 0 Å². The fraction of sp³-hybridized carbons (Fsp3) is 0.818. The number of alkyl halides is 1. The van der Waals surface area contributed by atoms with Crippen molar-refractivity contribution in [3.63, 3.8) is 0 Å². The van der Waals surface area contributed by atoms with E-state index in [0.717, 1.165) is 24.3 Å². The number of carbonyl (C=O) groups is 2. The van der Waals surface area contributed by atoms with Gasteiger partial charge in [-0.2, -0.15) is 11.8 Å². The molecular weight excluding hydrogens is 353 g/mol. The molecule has 1 atom stereocenters. The van der Waals surface area contributed by atoms with Crippen LogP contribution in [0.5, 0.6) is 0 Å². The first-order chi connectivity index (χ1) is 8.13. The highest BCUT2D eigenvalue weighted by Gasteiger charge is 2.19. The summed E-state index contributed by atoms with van der Waals surface area (Å²) in [6, 6.07) is 0. The van der Waals surface area contributed by atoms with E-state index in [1.165, 1.54) is 7.11 Å². The molecule has 0 aromatic rings. The molecule has 17 heavy (non-hydrogen) atoms. The predicted molar refractivity (Wildman–Crippen MR) is 77.5 cm³/mol. The summed E-state index contributed by atoms with van der Waals surface area (Å²) in [5.74, 6) is 2.60. The molecule has 1 fully saturated rings. The number of hydrogen-bond donors (Lipinski definition) is 1. The molecule has 0 radical (unpaired) electrons. The third kappa shape index (κ3) is 5.94. The van der Waals surface area contributed by atoms with Gasteiger partial charge in [0, 0.05) is 13.0 Å². The first kappa shape index (κ1) is 15.1. The molecule has 98 valence electrons. The van der Waals surface area contributed by atoms with Crippen LogP contribution in [0.2, 0.25) is 0 Å². The summed E-state index contributed by atoms with van der Waals surface area (Å²) in [5, 5.41) is 2.79. The summed E-state index contributed by atoms with van der Waals surface area (Å²) in [4.78, 5) is 22.8. The van der Waals surface area contributed by atoms with E-state index in [1.54, 1.807) is 0 Å². The van der Waals surface area contributed by atoms with Gasteiger partial charge in [-0.05, 0) is 30.3 Å². The van der Waals surface area contributed by atoms with Crippen molar-refractivity contribution in [2.24, 2.45) is 5.92 Å². The molecule has 0 spiro atoms. The van der Waals surface area contributed by atoms with E-state index in [4.69, 9.17) is 0 Å². The molecule has 0 aromatic heterocycles. The van der Waals surface area contributed by atoms with Crippen LogP contribution < -0.4 is 5.32 Å². The highest BCUT2D eigenvalue weighted by molar-refractivity contribution is 14.1. The smallest absolute Gasteiger partial charge is 0.320 e. The van der Waals surface area contributed by atoms with Crippen molar-refractivity contribution in [3.05, 3.63) is 0 Å². The molecular formula is C11H18INO3S. The van der Waals surface area contributed by atoms with Gasteiger partial charge in [0.25, 0.3) is 0 Å². The van der Waals surface area contributed by atoms with Gasteiger partial charge in [0.1, 0.15) is 3.92 Å². The van der Waals surface area contributed by atoms with Gasteiger partial charge in [0.05, 0.1) is 7.11 Å². The van der Waals surface area contributed by atoms with Gasteiger partial charge in [-0.15, -0.1) is 0 Å². The minimum absolute atomic E-state index is 0.0486. The normalized spacial score (nSPS) is 18.5. The zero-order valence-electron chi connectivity index (χ0n) is 9.91. The summed E-state index contributed by atoms with van der Waals surface area (Å²) in [7, 11) is 1.36. The molecule has 1 unspecified atom stereocenters. The van der Waals surface area contributed by atoms with Crippen molar-refractivity contribution >= 4 is 46.2 Å². The maximum atomic E-state index is 11.7. The predicted octanol–water partition coefficient (Wildman–Crippen LogP) is 1.61. The molecule has 1 N–H and O–H groups in total. The van der Waals surface area contributed by atoms with E-state index >= 15 is 0 Å². The van der Waals surface area contributed by atoms with Crippen LogP contribution in [0, 0.1) is 5.92 Å². The standard InChI is InChI=1S/C11H18INO3S/c1-16-11(15)9(12)7-13-10(14)6-8-2-4-17-5-3-8/h8-9H,2-7H2,1H3,(H,13,14). The third-order valence-electron chi connectivity index (χ3n) is 2.75. The van der Waals surface area contributed by atoms with Crippen molar-refractivity contribution in [2.45, 2.75) is 23.2 Å². The summed E-state index contributed by atoms with van der Waals surface area (Å²) in [5.41, 5.74) is 0. The van der Waals surface area contributed by atoms with E-state index in [0.29, 0.717) is 18.9 Å². The SMILES string of the molecule is COC(=O)C(I)CNC(=O)CC1CCSCC1. The van der Waals surface area contributed by atoms with Crippen LogP contribution in [-0.4, -0.2) is 41.0 Å². The summed E-state index contributed by atoms with van der Waals surface area (Å²) in [6.07, 6.45) is 2.84. The summed E-state index contributed by atoms with van der Waals surface area (Å²) in [6.45, 7) is 0.355. The van der Waals surface area contributed by atoms with Gasteiger partial charge in [0.2, 0.25) is 5.91 Å². The van der Waals surface area contributed by atoms with Crippen LogP contribution in [0.3, 0.4) is 0 Å². The van der Waals surface area contributed by atoms with Gasteiger partial charge in [-0.25, -0.2) is 0 Å². The summed E-state index contributed by atoms with van der Waals surface area (Å²) < 4.78 is 4.29. The molecule has 0 bridgehead atoms. The zero-order chi connectivity index (χ0) is 12.7. The van der Waals surface area contributed by atoms with Gasteiger partial charge in [0.15, 0.2) is 0 Å². The van der Waals surface area contributed by atoms with Gasteiger partial charge < -0.3 is 10.1 Å². The fourth-order valence-electron chi connectivity index (χ4n) is 1.70. The number of rotatable bonds is 5. The number of nitrogens with one attached hydrogen (secondary N) is 1. The lowest BCUT2D eigenvalue weighted by atomic mass is 9.98. The second kappa shape index (κ2) is 8.18. The number of hydrogen-bond acceptors (Lipinski definition) is 4. The van der Waals surface area contributed by atoms with Crippen LogP contribution in [0.1, 0.15) is 19.3 Å². The van der Waals surface area contributed by atoms with Crippen molar-refractivity contribution in [1.29, 1.82) is 0 Å². The van der Waals surface area contributed by atoms with Crippen LogP contribution in [0.4, 0.5) is 0 Å². The third-order valence-corrected chi connectivity index (χ3v) is 4.75. The number of carbonyl (C=O) groups excluding carboxylic acids is 2. The molecule has 0 aromatic carbocycles. The highest BCUT2D eigenvalue weighted by atomic mass is 127. The average Bonchev–Trinajstić information content (AvgIpc) is 2.36. The van der Waals surface area contributed by atoms with Crippen LogP contribution in [-0.2, 0) is 14.3 Å². The first-order valence-corrected chi connectivity index (χ1v) is 8.10.